The van der Waals surface area contributed by atoms with Crippen molar-refractivity contribution in [2.45, 2.75) is 81.4 Å². The van der Waals surface area contributed by atoms with Crippen LogP contribution in [0.1, 0.15) is 69.2 Å². The van der Waals surface area contributed by atoms with Crippen LogP contribution in [0.5, 0.6) is 0 Å². The summed E-state index contributed by atoms with van der Waals surface area (Å²) in [6.45, 7) is 20.3. The second kappa shape index (κ2) is 12.8. The minimum absolute atomic E-state index is 0.131. The Morgan fingerprint density at radius 3 is 1.27 bits per heavy atom. The van der Waals surface area contributed by atoms with Crippen molar-refractivity contribution < 1.29 is 9.31 Å². The average molecular weight is 410 g/mol. The van der Waals surface area contributed by atoms with Gasteiger partial charge in [0.05, 0.1) is 11.4 Å². The van der Waals surface area contributed by atoms with E-state index in [-0.39, 0.29) is 26.3 Å². The van der Waals surface area contributed by atoms with Gasteiger partial charge in [0.1, 0.15) is 0 Å². The van der Waals surface area contributed by atoms with Gasteiger partial charge in [-0.05, 0) is 50.8 Å². The molecule has 0 radical (unpaired) electrons. The summed E-state index contributed by atoms with van der Waals surface area (Å²) < 4.78 is 12.6. The number of fused-ring (bicyclic) bond motifs is 5. The van der Waals surface area contributed by atoms with E-state index in [1.54, 1.807) is 0 Å². The molecule has 2 heterocycles. The van der Waals surface area contributed by atoms with Gasteiger partial charge in [-0.3, -0.25) is 5.01 Å². The molecular weight excluding hydrogens is 370 g/mol. The van der Waals surface area contributed by atoms with Crippen molar-refractivity contribution in [3.05, 3.63) is 48.5 Å². The van der Waals surface area contributed by atoms with Gasteiger partial charge in [-0.15, -0.1) is 0 Å². The highest BCUT2D eigenvalue weighted by Crippen LogP contribution is 2.37. The van der Waals surface area contributed by atoms with E-state index in [4.69, 9.17) is 9.31 Å². The van der Waals surface area contributed by atoms with Gasteiger partial charge in [-0.25, -0.2) is 4.83 Å². The van der Waals surface area contributed by atoms with Crippen molar-refractivity contribution >= 4 is 36.4 Å². The van der Waals surface area contributed by atoms with Crippen LogP contribution in [0.4, 0.5) is 11.4 Å². The summed E-state index contributed by atoms with van der Waals surface area (Å²) >= 11 is 0. The zero-order valence-corrected chi connectivity index (χ0v) is 20.6. The predicted molar refractivity (Wildman–Crippen MR) is 134 cm³/mol. The van der Waals surface area contributed by atoms with E-state index in [1.165, 1.54) is 22.3 Å². The molecule has 0 bridgehead atoms. The van der Waals surface area contributed by atoms with Gasteiger partial charge in [-0.1, -0.05) is 77.9 Å². The third-order valence-electron chi connectivity index (χ3n) is 4.38. The SMILES string of the molecule is CC.CC.CC.CC(C)OB1c2ccccc2N2c3ccccc3B(OC(C)C)N12. The Morgan fingerprint density at radius 2 is 0.933 bits per heavy atom. The number of hydrogen-bond acceptors (Lipinski definition) is 4. The minimum atomic E-state index is -0.141. The van der Waals surface area contributed by atoms with Crippen LogP contribution >= 0.6 is 0 Å². The molecule has 6 heteroatoms. The molecule has 30 heavy (non-hydrogen) atoms. The number of hydrogen-bond donors (Lipinski definition) is 0. The molecule has 0 fully saturated rings. The molecule has 0 atom stereocenters. The summed E-state index contributed by atoms with van der Waals surface area (Å²) in [5.74, 6) is 0. The second-order valence-corrected chi connectivity index (χ2v) is 6.88. The van der Waals surface area contributed by atoms with E-state index in [9.17, 15) is 0 Å². The lowest BCUT2D eigenvalue weighted by atomic mass is 9.61. The molecule has 0 amide bonds. The molecule has 4 rings (SSSR count). The smallest absolute Gasteiger partial charge is 0.415 e. The quantitative estimate of drug-likeness (QED) is 0.632. The van der Waals surface area contributed by atoms with Gasteiger partial charge < -0.3 is 9.31 Å². The summed E-state index contributed by atoms with van der Waals surface area (Å²) in [6.07, 6.45) is 0.262. The third kappa shape index (κ3) is 5.29. The maximum absolute atomic E-state index is 6.30. The monoisotopic (exact) mass is 410 g/mol. The summed E-state index contributed by atoms with van der Waals surface area (Å²) in [7, 11) is -0.283. The Hall–Kier alpha value is -1.75. The van der Waals surface area contributed by atoms with Crippen molar-refractivity contribution in [3.63, 3.8) is 0 Å². The Labute approximate surface area is 185 Å². The number of anilines is 2. The molecule has 0 aromatic heterocycles. The van der Waals surface area contributed by atoms with Crippen molar-refractivity contribution in [1.82, 2.24) is 4.83 Å². The summed E-state index contributed by atoms with van der Waals surface area (Å²) in [5.41, 5.74) is 4.73. The number of hydrazine groups is 1. The van der Waals surface area contributed by atoms with E-state index in [0.29, 0.717) is 0 Å². The minimum Gasteiger partial charge on any atom is -0.415 e. The molecule has 2 aliphatic rings. The van der Waals surface area contributed by atoms with Crippen molar-refractivity contribution in [2.24, 2.45) is 0 Å². The lowest BCUT2D eigenvalue weighted by molar-refractivity contribution is 0.206. The fraction of sp³-hybridized carbons (Fsp3) is 0.500. The summed E-state index contributed by atoms with van der Waals surface area (Å²) in [5, 5.41) is 2.25. The fourth-order valence-corrected chi connectivity index (χ4v) is 3.56. The molecule has 164 valence electrons. The first-order chi connectivity index (χ1) is 14.6. The van der Waals surface area contributed by atoms with Crippen molar-refractivity contribution in [1.29, 1.82) is 0 Å². The van der Waals surface area contributed by atoms with E-state index < -0.39 is 0 Å². The van der Waals surface area contributed by atoms with Crippen LogP contribution in [-0.4, -0.2) is 31.1 Å². The average Bonchev–Trinajstić information content (AvgIpc) is 3.26. The van der Waals surface area contributed by atoms with Crippen LogP contribution in [0.2, 0.25) is 0 Å². The Morgan fingerprint density at radius 1 is 0.600 bits per heavy atom. The maximum Gasteiger partial charge on any atom is 0.431 e. The number of rotatable bonds is 4. The van der Waals surface area contributed by atoms with Crippen LogP contribution in [0.25, 0.3) is 0 Å². The van der Waals surface area contributed by atoms with Gasteiger partial charge in [0.2, 0.25) is 0 Å². The van der Waals surface area contributed by atoms with E-state index in [2.05, 4.69) is 86.1 Å². The zero-order chi connectivity index (χ0) is 22.8. The first kappa shape index (κ1) is 26.3. The second-order valence-electron chi connectivity index (χ2n) is 6.88. The van der Waals surface area contributed by atoms with Crippen LogP contribution in [0.3, 0.4) is 0 Å². The van der Waals surface area contributed by atoms with Gasteiger partial charge in [0.15, 0.2) is 0 Å². The van der Waals surface area contributed by atoms with Crippen LogP contribution in [-0.2, 0) is 9.31 Å². The topological polar surface area (TPSA) is 24.9 Å². The van der Waals surface area contributed by atoms with Crippen molar-refractivity contribution in [2.75, 3.05) is 5.01 Å². The molecule has 0 spiro atoms. The van der Waals surface area contributed by atoms with E-state index >= 15 is 0 Å². The molecule has 2 aliphatic heterocycles. The van der Waals surface area contributed by atoms with Gasteiger partial charge in [-0.2, -0.15) is 0 Å². The zero-order valence-electron chi connectivity index (χ0n) is 20.6. The molecule has 0 N–H and O–H groups in total. The van der Waals surface area contributed by atoms with Crippen LogP contribution < -0.4 is 15.9 Å². The molecular formula is C24H40B2N2O2. The highest BCUT2D eigenvalue weighted by molar-refractivity contribution is 6.85. The van der Waals surface area contributed by atoms with E-state index in [1.807, 2.05) is 41.5 Å². The first-order valence-electron chi connectivity index (χ1n) is 11.6. The fourth-order valence-electron chi connectivity index (χ4n) is 3.56. The summed E-state index contributed by atoms with van der Waals surface area (Å²) in [6, 6.07) is 16.9. The molecule has 4 nitrogen and oxygen atoms in total. The highest BCUT2D eigenvalue weighted by Gasteiger charge is 2.55. The van der Waals surface area contributed by atoms with Crippen molar-refractivity contribution in [3.8, 4) is 0 Å². The Kier molecular flexibility index (Phi) is 11.2. The Bertz CT molecular complexity index is 694. The van der Waals surface area contributed by atoms with E-state index in [0.717, 1.165) is 0 Å². The molecule has 0 saturated carbocycles. The number of para-hydroxylation sites is 2. The van der Waals surface area contributed by atoms with Crippen LogP contribution in [0.15, 0.2) is 48.5 Å². The lowest BCUT2D eigenvalue weighted by Crippen LogP contribution is -2.58. The maximum atomic E-state index is 6.30. The lowest BCUT2D eigenvalue weighted by Gasteiger charge is -2.30. The number of nitrogens with zero attached hydrogens (tertiary/aromatic N) is 2. The highest BCUT2D eigenvalue weighted by atomic mass is 16.5. The normalized spacial score (nSPS) is 13.5. The summed E-state index contributed by atoms with van der Waals surface area (Å²) in [4.78, 5) is 2.23. The predicted octanol–water partition coefficient (Wildman–Crippen LogP) is 5.39. The van der Waals surface area contributed by atoms with Gasteiger partial charge in [0.25, 0.3) is 0 Å². The molecule has 2 aromatic carbocycles. The van der Waals surface area contributed by atoms with Crippen LogP contribution in [0, 0.1) is 0 Å². The molecule has 0 saturated heterocycles. The molecule has 0 aliphatic carbocycles. The van der Waals surface area contributed by atoms with Gasteiger partial charge >= 0.3 is 14.1 Å². The van der Waals surface area contributed by atoms with Gasteiger partial charge in [0, 0.05) is 12.2 Å². The Balaban J connectivity index is 0.000000691. The number of benzene rings is 2. The first-order valence-corrected chi connectivity index (χ1v) is 11.6. The molecule has 0 unspecified atom stereocenters. The third-order valence-corrected chi connectivity index (χ3v) is 4.38. The standard InChI is InChI=1S/C18H22B2N2O2.3C2H6/c1-13(2)23-19-15-9-5-7-11-17(15)21-18-12-8-6-10-16(18)20(22(19)21)24-14(3)4;3*1-2/h5-14H,1-4H3;3*1-2H3. The largest absolute Gasteiger partial charge is 0.431 e. The molecule has 2 aromatic rings.